The molecule has 0 saturated heterocycles. The summed E-state index contributed by atoms with van der Waals surface area (Å²) in [5, 5.41) is 10.5. The maximum atomic E-state index is 9.34. The van der Waals surface area contributed by atoms with Crippen LogP contribution in [0.3, 0.4) is 0 Å². The van der Waals surface area contributed by atoms with Crippen molar-refractivity contribution >= 4 is 26.8 Å². The monoisotopic (exact) mass is 322 g/mol. The highest BCUT2D eigenvalue weighted by molar-refractivity contribution is 9.10. The molecule has 1 atom stereocenters. The smallest absolute Gasteiger partial charge is 0.0747 e. The van der Waals surface area contributed by atoms with E-state index in [0.717, 1.165) is 34.9 Å². The summed E-state index contributed by atoms with van der Waals surface area (Å²) in [6.45, 7) is 3.53. The Hall–Kier alpha value is -0.970. The molecule has 1 aromatic carbocycles. The quantitative estimate of drug-likeness (QED) is 0.918. The Bertz CT molecular complexity index is 557. The zero-order valence-electron chi connectivity index (χ0n) is 11.3. The fourth-order valence-electron chi connectivity index (χ4n) is 2.13. The molecule has 0 bridgehead atoms. The first kappa shape index (κ1) is 14.4. The van der Waals surface area contributed by atoms with E-state index in [1.165, 1.54) is 5.56 Å². The van der Waals surface area contributed by atoms with Gasteiger partial charge in [0.1, 0.15) is 0 Å². The second kappa shape index (κ2) is 6.46. The molecule has 0 spiro atoms. The SMILES string of the molecule is CC(O)CCN(C)Cc1cc(Br)cc2cccnc12. The highest BCUT2D eigenvalue weighted by atomic mass is 79.9. The summed E-state index contributed by atoms with van der Waals surface area (Å²) in [5.41, 5.74) is 2.26. The highest BCUT2D eigenvalue weighted by Gasteiger charge is 2.08. The highest BCUT2D eigenvalue weighted by Crippen LogP contribution is 2.23. The van der Waals surface area contributed by atoms with Gasteiger partial charge in [-0.2, -0.15) is 0 Å². The molecular weight excluding hydrogens is 304 g/mol. The van der Waals surface area contributed by atoms with Gasteiger partial charge in [-0.15, -0.1) is 0 Å². The van der Waals surface area contributed by atoms with Gasteiger partial charge in [-0.3, -0.25) is 4.98 Å². The molecule has 3 nitrogen and oxygen atoms in total. The Balaban J connectivity index is 2.20. The number of benzene rings is 1. The van der Waals surface area contributed by atoms with E-state index in [2.05, 4.69) is 51.1 Å². The van der Waals surface area contributed by atoms with Gasteiger partial charge in [0, 0.05) is 29.1 Å². The normalized spacial score (nSPS) is 13.1. The van der Waals surface area contributed by atoms with Gasteiger partial charge >= 0.3 is 0 Å². The van der Waals surface area contributed by atoms with E-state index in [4.69, 9.17) is 0 Å². The third kappa shape index (κ3) is 4.00. The van der Waals surface area contributed by atoms with Crippen molar-refractivity contribution in [3.05, 3.63) is 40.5 Å². The second-order valence-electron chi connectivity index (χ2n) is 5.02. The van der Waals surface area contributed by atoms with Gasteiger partial charge in [0.2, 0.25) is 0 Å². The van der Waals surface area contributed by atoms with Gasteiger partial charge in [0.25, 0.3) is 0 Å². The van der Waals surface area contributed by atoms with Crippen LogP contribution in [0.4, 0.5) is 0 Å². The largest absolute Gasteiger partial charge is 0.393 e. The summed E-state index contributed by atoms with van der Waals surface area (Å²) in [4.78, 5) is 6.68. The van der Waals surface area contributed by atoms with Crippen molar-refractivity contribution in [1.82, 2.24) is 9.88 Å². The van der Waals surface area contributed by atoms with Crippen LogP contribution in [-0.2, 0) is 6.54 Å². The molecule has 19 heavy (non-hydrogen) atoms. The third-order valence-corrected chi connectivity index (χ3v) is 3.58. The summed E-state index contributed by atoms with van der Waals surface area (Å²) in [6.07, 6.45) is 2.37. The van der Waals surface area contributed by atoms with Crippen molar-refractivity contribution in [1.29, 1.82) is 0 Å². The molecule has 0 radical (unpaired) electrons. The van der Waals surface area contributed by atoms with E-state index in [9.17, 15) is 5.11 Å². The number of aliphatic hydroxyl groups is 1. The summed E-state index contributed by atoms with van der Waals surface area (Å²) in [6, 6.07) is 8.23. The van der Waals surface area contributed by atoms with Crippen molar-refractivity contribution in [2.75, 3.05) is 13.6 Å². The Morgan fingerprint density at radius 1 is 1.42 bits per heavy atom. The molecule has 4 heteroatoms. The van der Waals surface area contributed by atoms with Gasteiger partial charge in [-0.1, -0.05) is 22.0 Å². The fourth-order valence-corrected chi connectivity index (χ4v) is 2.65. The van der Waals surface area contributed by atoms with E-state index < -0.39 is 0 Å². The van der Waals surface area contributed by atoms with Crippen LogP contribution in [0.2, 0.25) is 0 Å². The number of aromatic nitrogens is 1. The van der Waals surface area contributed by atoms with Crippen molar-refractivity contribution in [2.24, 2.45) is 0 Å². The molecule has 1 heterocycles. The van der Waals surface area contributed by atoms with Crippen LogP contribution in [-0.4, -0.2) is 34.7 Å². The minimum Gasteiger partial charge on any atom is -0.393 e. The van der Waals surface area contributed by atoms with Crippen LogP contribution in [0.1, 0.15) is 18.9 Å². The van der Waals surface area contributed by atoms with E-state index in [0.29, 0.717) is 0 Å². The van der Waals surface area contributed by atoms with Gasteiger partial charge in [-0.25, -0.2) is 0 Å². The Morgan fingerprint density at radius 3 is 2.95 bits per heavy atom. The molecule has 0 aliphatic carbocycles. The fraction of sp³-hybridized carbons (Fsp3) is 0.400. The van der Waals surface area contributed by atoms with Crippen LogP contribution < -0.4 is 0 Å². The van der Waals surface area contributed by atoms with Crippen molar-refractivity contribution in [3.8, 4) is 0 Å². The van der Waals surface area contributed by atoms with E-state index >= 15 is 0 Å². The van der Waals surface area contributed by atoms with Crippen LogP contribution in [0.15, 0.2) is 34.9 Å². The molecule has 0 amide bonds. The minimum atomic E-state index is -0.250. The predicted molar refractivity (Wildman–Crippen MR) is 82.1 cm³/mol. The lowest BCUT2D eigenvalue weighted by molar-refractivity contribution is 0.163. The number of rotatable bonds is 5. The van der Waals surface area contributed by atoms with Gasteiger partial charge in [0.05, 0.1) is 11.6 Å². The predicted octanol–water partition coefficient (Wildman–Crippen LogP) is 3.20. The molecule has 0 aliphatic rings. The average molecular weight is 323 g/mol. The Labute approximate surface area is 122 Å². The van der Waals surface area contributed by atoms with Crippen LogP contribution in [0, 0.1) is 0 Å². The molecule has 2 aromatic rings. The number of aliphatic hydroxyl groups excluding tert-OH is 1. The third-order valence-electron chi connectivity index (χ3n) is 3.12. The molecule has 2 rings (SSSR count). The van der Waals surface area contributed by atoms with Crippen LogP contribution in [0.25, 0.3) is 10.9 Å². The molecule has 0 saturated carbocycles. The molecule has 0 fully saturated rings. The summed E-state index contributed by atoms with van der Waals surface area (Å²) in [5.74, 6) is 0. The summed E-state index contributed by atoms with van der Waals surface area (Å²) >= 11 is 3.55. The molecule has 0 aliphatic heterocycles. The number of pyridine rings is 1. The van der Waals surface area contributed by atoms with Crippen molar-refractivity contribution in [2.45, 2.75) is 26.0 Å². The summed E-state index contributed by atoms with van der Waals surface area (Å²) in [7, 11) is 2.07. The van der Waals surface area contributed by atoms with Gasteiger partial charge in [0.15, 0.2) is 0 Å². The van der Waals surface area contributed by atoms with Crippen LogP contribution >= 0.6 is 15.9 Å². The maximum absolute atomic E-state index is 9.34. The zero-order valence-corrected chi connectivity index (χ0v) is 12.9. The summed E-state index contributed by atoms with van der Waals surface area (Å²) < 4.78 is 1.08. The first-order valence-corrected chi connectivity index (χ1v) is 7.25. The number of fused-ring (bicyclic) bond motifs is 1. The topological polar surface area (TPSA) is 36.4 Å². The first-order chi connectivity index (χ1) is 9.06. The lowest BCUT2D eigenvalue weighted by Gasteiger charge is -2.18. The second-order valence-corrected chi connectivity index (χ2v) is 5.93. The van der Waals surface area contributed by atoms with Gasteiger partial charge in [-0.05, 0) is 44.2 Å². The minimum absolute atomic E-state index is 0.250. The van der Waals surface area contributed by atoms with E-state index in [1.54, 1.807) is 0 Å². The van der Waals surface area contributed by atoms with Crippen molar-refractivity contribution < 1.29 is 5.11 Å². The Kier molecular flexibility index (Phi) is 4.91. The lowest BCUT2D eigenvalue weighted by Crippen LogP contribution is -2.22. The standard InChI is InChI=1S/C15H19BrN2O/c1-11(19)5-7-18(2)10-13-9-14(16)8-12-4-3-6-17-15(12)13/h3-4,6,8-9,11,19H,5,7,10H2,1-2H3. The lowest BCUT2D eigenvalue weighted by atomic mass is 10.1. The molecular formula is C15H19BrN2O. The molecule has 102 valence electrons. The molecule has 1 aromatic heterocycles. The maximum Gasteiger partial charge on any atom is 0.0747 e. The van der Waals surface area contributed by atoms with Crippen molar-refractivity contribution in [3.63, 3.8) is 0 Å². The average Bonchev–Trinajstić information content (AvgIpc) is 2.36. The molecule has 1 N–H and O–H groups in total. The first-order valence-electron chi connectivity index (χ1n) is 6.46. The number of hydrogen-bond donors (Lipinski definition) is 1. The molecule has 1 unspecified atom stereocenters. The van der Waals surface area contributed by atoms with Gasteiger partial charge < -0.3 is 10.0 Å². The zero-order chi connectivity index (χ0) is 13.8. The Morgan fingerprint density at radius 2 is 2.21 bits per heavy atom. The van der Waals surface area contributed by atoms with E-state index in [1.807, 2.05) is 19.2 Å². The van der Waals surface area contributed by atoms with Crippen LogP contribution in [0.5, 0.6) is 0 Å². The van der Waals surface area contributed by atoms with E-state index in [-0.39, 0.29) is 6.10 Å². The number of hydrogen-bond acceptors (Lipinski definition) is 3. The number of halogens is 1. The number of nitrogens with zero attached hydrogens (tertiary/aromatic N) is 2.